The van der Waals surface area contributed by atoms with Crippen molar-refractivity contribution in [1.29, 1.82) is 0 Å². The third kappa shape index (κ3) is 4.00. The van der Waals surface area contributed by atoms with E-state index in [9.17, 15) is 9.59 Å². The van der Waals surface area contributed by atoms with Crippen molar-refractivity contribution in [3.05, 3.63) is 0 Å². The first-order valence-corrected chi connectivity index (χ1v) is 6.34. The molecule has 0 radical (unpaired) electrons. The van der Waals surface area contributed by atoms with Crippen molar-refractivity contribution in [2.24, 2.45) is 17.6 Å². The smallest absolute Gasteiger partial charge is 0.242 e. The van der Waals surface area contributed by atoms with E-state index in [0.717, 1.165) is 12.8 Å². The Hall–Kier alpha value is -1.10. The maximum Gasteiger partial charge on any atom is 0.242 e. The maximum absolute atomic E-state index is 12.0. The first kappa shape index (κ1) is 14.0. The average molecular weight is 241 g/mol. The highest BCUT2D eigenvalue weighted by Gasteiger charge is 2.27. The summed E-state index contributed by atoms with van der Waals surface area (Å²) < 4.78 is 0. The van der Waals surface area contributed by atoms with E-state index < -0.39 is 6.04 Å². The first-order valence-electron chi connectivity index (χ1n) is 6.34. The Kier molecular flexibility index (Phi) is 5.41. The van der Waals surface area contributed by atoms with Crippen LogP contribution in [0.15, 0.2) is 0 Å². The fourth-order valence-corrected chi connectivity index (χ4v) is 2.04. The lowest BCUT2D eigenvalue weighted by Gasteiger charge is -2.22. The molecular weight excluding hydrogens is 218 g/mol. The molecule has 0 aromatic heterocycles. The molecule has 0 saturated carbocycles. The molecule has 4 N–H and O–H groups in total. The van der Waals surface area contributed by atoms with E-state index in [0.29, 0.717) is 19.5 Å². The zero-order chi connectivity index (χ0) is 12.8. The van der Waals surface area contributed by atoms with Gasteiger partial charge in [0.2, 0.25) is 11.8 Å². The van der Waals surface area contributed by atoms with Crippen LogP contribution in [0.5, 0.6) is 0 Å². The molecule has 5 heteroatoms. The van der Waals surface area contributed by atoms with E-state index in [-0.39, 0.29) is 23.7 Å². The minimum Gasteiger partial charge on any atom is -0.354 e. The van der Waals surface area contributed by atoms with Gasteiger partial charge in [-0.1, -0.05) is 13.8 Å². The number of carbonyl (C=O) groups is 2. The van der Waals surface area contributed by atoms with Gasteiger partial charge < -0.3 is 16.4 Å². The van der Waals surface area contributed by atoms with Crippen LogP contribution in [0.2, 0.25) is 0 Å². The van der Waals surface area contributed by atoms with Crippen molar-refractivity contribution in [2.45, 2.75) is 39.2 Å². The molecule has 0 aromatic carbocycles. The van der Waals surface area contributed by atoms with E-state index in [1.807, 2.05) is 13.8 Å². The molecular formula is C12H23N3O2. The fraction of sp³-hybridized carbons (Fsp3) is 0.833. The molecule has 1 rings (SSSR count). The van der Waals surface area contributed by atoms with Crippen LogP contribution in [0.1, 0.15) is 33.1 Å². The summed E-state index contributed by atoms with van der Waals surface area (Å²) in [5, 5.41) is 5.61. The van der Waals surface area contributed by atoms with E-state index in [4.69, 9.17) is 5.73 Å². The van der Waals surface area contributed by atoms with Crippen molar-refractivity contribution >= 4 is 11.8 Å². The first-order chi connectivity index (χ1) is 8.06. The van der Waals surface area contributed by atoms with Gasteiger partial charge in [-0.15, -0.1) is 0 Å². The summed E-state index contributed by atoms with van der Waals surface area (Å²) >= 11 is 0. The Morgan fingerprint density at radius 1 is 1.53 bits per heavy atom. The van der Waals surface area contributed by atoms with Crippen LogP contribution in [-0.2, 0) is 9.59 Å². The molecule has 1 heterocycles. The van der Waals surface area contributed by atoms with Gasteiger partial charge in [0.1, 0.15) is 6.04 Å². The number of nitrogens with one attached hydrogen (secondary N) is 2. The topological polar surface area (TPSA) is 84.2 Å². The predicted octanol–water partition coefficient (Wildman–Crippen LogP) is 0.00220. The van der Waals surface area contributed by atoms with Crippen molar-refractivity contribution in [1.82, 2.24) is 10.6 Å². The van der Waals surface area contributed by atoms with Crippen LogP contribution in [0.3, 0.4) is 0 Å². The van der Waals surface area contributed by atoms with E-state index in [1.54, 1.807) is 0 Å². The monoisotopic (exact) mass is 241 g/mol. The summed E-state index contributed by atoms with van der Waals surface area (Å²) in [4.78, 5) is 23.6. The lowest BCUT2D eigenvalue weighted by molar-refractivity contribution is -0.131. The molecule has 2 amide bonds. The zero-order valence-corrected chi connectivity index (χ0v) is 10.7. The van der Waals surface area contributed by atoms with Gasteiger partial charge >= 0.3 is 0 Å². The molecule has 98 valence electrons. The SMILES string of the molecule is CC(C)C(CN)C(=O)NC1CCCCNC1=O. The number of amides is 2. The second kappa shape index (κ2) is 6.59. The number of nitrogens with two attached hydrogens (primary N) is 1. The minimum atomic E-state index is -0.391. The Labute approximate surface area is 103 Å². The lowest BCUT2D eigenvalue weighted by Crippen LogP contribution is -2.49. The normalized spacial score (nSPS) is 22.8. The number of carbonyl (C=O) groups excluding carboxylic acids is 2. The fourth-order valence-electron chi connectivity index (χ4n) is 2.04. The van der Waals surface area contributed by atoms with Gasteiger partial charge in [0.25, 0.3) is 0 Å². The zero-order valence-electron chi connectivity index (χ0n) is 10.7. The van der Waals surface area contributed by atoms with Crippen LogP contribution in [0, 0.1) is 11.8 Å². The maximum atomic E-state index is 12.0. The largest absolute Gasteiger partial charge is 0.354 e. The highest BCUT2D eigenvalue weighted by Crippen LogP contribution is 2.11. The Balaban J connectivity index is 2.56. The predicted molar refractivity (Wildman–Crippen MR) is 66.2 cm³/mol. The van der Waals surface area contributed by atoms with E-state index in [2.05, 4.69) is 10.6 Å². The van der Waals surface area contributed by atoms with Crippen molar-refractivity contribution in [3.63, 3.8) is 0 Å². The minimum absolute atomic E-state index is 0.0737. The van der Waals surface area contributed by atoms with Gasteiger partial charge in [-0.25, -0.2) is 0 Å². The van der Waals surface area contributed by atoms with Crippen molar-refractivity contribution < 1.29 is 9.59 Å². The Morgan fingerprint density at radius 3 is 2.82 bits per heavy atom. The van der Waals surface area contributed by atoms with Crippen LogP contribution in [0.4, 0.5) is 0 Å². The number of rotatable bonds is 4. The highest BCUT2D eigenvalue weighted by molar-refractivity contribution is 5.88. The summed E-state index contributed by atoms with van der Waals surface area (Å²) in [5.41, 5.74) is 5.58. The molecule has 1 fully saturated rings. The van der Waals surface area contributed by atoms with Gasteiger partial charge in [-0.05, 0) is 25.2 Å². The standard InChI is InChI=1S/C12H23N3O2/c1-8(2)9(7-13)11(16)15-10-5-3-4-6-14-12(10)17/h8-10H,3-7,13H2,1-2H3,(H,14,17)(H,15,16). The Bertz CT molecular complexity index is 279. The van der Waals surface area contributed by atoms with Gasteiger partial charge in [-0.3, -0.25) is 9.59 Å². The second-order valence-electron chi connectivity index (χ2n) is 4.93. The summed E-state index contributed by atoms with van der Waals surface area (Å²) in [6.07, 6.45) is 2.65. The van der Waals surface area contributed by atoms with Gasteiger partial charge in [0, 0.05) is 13.1 Å². The van der Waals surface area contributed by atoms with Crippen molar-refractivity contribution in [2.75, 3.05) is 13.1 Å². The molecule has 0 bridgehead atoms. The van der Waals surface area contributed by atoms with Gasteiger partial charge in [0.05, 0.1) is 5.92 Å². The van der Waals surface area contributed by atoms with Gasteiger partial charge in [0.15, 0.2) is 0 Å². The van der Waals surface area contributed by atoms with Crippen LogP contribution < -0.4 is 16.4 Å². The molecule has 2 atom stereocenters. The molecule has 17 heavy (non-hydrogen) atoms. The molecule has 1 aliphatic rings. The van der Waals surface area contributed by atoms with Crippen LogP contribution in [0.25, 0.3) is 0 Å². The molecule has 1 saturated heterocycles. The van der Waals surface area contributed by atoms with E-state index >= 15 is 0 Å². The lowest BCUT2D eigenvalue weighted by atomic mass is 9.94. The molecule has 1 aliphatic heterocycles. The molecule has 0 spiro atoms. The molecule has 5 nitrogen and oxygen atoms in total. The summed E-state index contributed by atoms with van der Waals surface area (Å²) in [6.45, 7) is 4.95. The van der Waals surface area contributed by atoms with Crippen molar-refractivity contribution in [3.8, 4) is 0 Å². The average Bonchev–Trinajstić information content (AvgIpc) is 2.45. The van der Waals surface area contributed by atoms with Gasteiger partial charge in [-0.2, -0.15) is 0 Å². The molecule has 2 unspecified atom stereocenters. The number of hydrogen-bond acceptors (Lipinski definition) is 3. The van der Waals surface area contributed by atoms with Crippen LogP contribution in [-0.4, -0.2) is 30.9 Å². The third-order valence-electron chi connectivity index (χ3n) is 3.25. The third-order valence-corrected chi connectivity index (χ3v) is 3.25. The highest BCUT2D eigenvalue weighted by atomic mass is 16.2. The molecule has 0 aliphatic carbocycles. The molecule has 0 aromatic rings. The quantitative estimate of drug-likeness (QED) is 0.648. The van der Waals surface area contributed by atoms with E-state index in [1.165, 1.54) is 0 Å². The summed E-state index contributed by atoms with van der Waals surface area (Å²) in [6, 6.07) is -0.391. The number of hydrogen-bond donors (Lipinski definition) is 3. The summed E-state index contributed by atoms with van der Waals surface area (Å²) in [7, 11) is 0. The second-order valence-corrected chi connectivity index (χ2v) is 4.93. The van der Waals surface area contributed by atoms with Crippen LogP contribution >= 0.6 is 0 Å². The summed E-state index contributed by atoms with van der Waals surface area (Å²) in [5.74, 6) is -0.209. The Morgan fingerprint density at radius 2 is 2.24 bits per heavy atom.